The molecule has 23 heavy (non-hydrogen) atoms. The minimum Gasteiger partial charge on any atom is -0.339 e. The van der Waals surface area contributed by atoms with Gasteiger partial charge in [-0.1, -0.05) is 24.6 Å². The topological polar surface area (TPSA) is 71.1 Å². The smallest absolute Gasteiger partial charge is 0.232 e. The molecule has 0 aliphatic carbocycles. The highest BCUT2D eigenvalue weighted by Crippen LogP contribution is 2.29. The minimum absolute atomic E-state index is 0.0885. The van der Waals surface area contributed by atoms with Gasteiger partial charge in [-0.2, -0.15) is 0 Å². The van der Waals surface area contributed by atoms with E-state index >= 15 is 0 Å². The number of nitrogens with zero attached hydrogens (tertiary/aromatic N) is 1. The SMILES string of the molecule is CCCS(=O)(=O)Nc1ccc(Nc2c(C)cc(C)cc2Cl)nc1. The fraction of sp³-hybridized carbons (Fsp3) is 0.312. The Balaban J connectivity index is 2.15. The first-order valence-electron chi connectivity index (χ1n) is 7.31. The van der Waals surface area contributed by atoms with E-state index in [1.807, 2.05) is 32.9 Å². The van der Waals surface area contributed by atoms with E-state index in [1.165, 1.54) is 6.20 Å². The van der Waals surface area contributed by atoms with Crippen LogP contribution in [0.4, 0.5) is 17.2 Å². The Morgan fingerprint density at radius 3 is 2.52 bits per heavy atom. The lowest BCUT2D eigenvalue weighted by Gasteiger charge is -2.12. The highest BCUT2D eigenvalue weighted by Gasteiger charge is 2.10. The Hall–Kier alpha value is -1.79. The maximum Gasteiger partial charge on any atom is 0.232 e. The van der Waals surface area contributed by atoms with Gasteiger partial charge in [0, 0.05) is 0 Å². The Morgan fingerprint density at radius 2 is 1.96 bits per heavy atom. The van der Waals surface area contributed by atoms with Crippen LogP contribution in [0.5, 0.6) is 0 Å². The molecule has 0 saturated carbocycles. The number of rotatable bonds is 6. The van der Waals surface area contributed by atoms with Gasteiger partial charge in [-0.25, -0.2) is 13.4 Å². The zero-order valence-corrected chi connectivity index (χ0v) is 14.9. The van der Waals surface area contributed by atoms with Gasteiger partial charge in [0.15, 0.2) is 0 Å². The van der Waals surface area contributed by atoms with Gasteiger partial charge >= 0.3 is 0 Å². The van der Waals surface area contributed by atoms with Gasteiger partial charge in [-0.15, -0.1) is 0 Å². The second-order valence-electron chi connectivity index (χ2n) is 5.42. The van der Waals surface area contributed by atoms with E-state index < -0.39 is 10.0 Å². The highest BCUT2D eigenvalue weighted by atomic mass is 35.5. The molecule has 2 N–H and O–H groups in total. The van der Waals surface area contributed by atoms with Crippen LogP contribution in [-0.4, -0.2) is 19.2 Å². The molecule has 0 aliphatic rings. The zero-order chi connectivity index (χ0) is 17.0. The molecule has 1 aromatic carbocycles. The Morgan fingerprint density at radius 1 is 1.22 bits per heavy atom. The predicted octanol–water partition coefficient (Wildman–Crippen LogP) is 4.25. The Bertz CT molecular complexity index is 766. The second-order valence-corrected chi connectivity index (χ2v) is 7.67. The molecule has 0 amide bonds. The number of aryl methyl sites for hydroxylation is 2. The monoisotopic (exact) mass is 353 g/mol. The van der Waals surface area contributed by atoms with Crippen LogP contribution >= 0.6 is 11.6 Å². The Labute approximate surface area is 142 Å². The summed E-state index contributed by atoms with van der Waals surface area (Å²) < 4.78 is 25.9. The van der Waals surface area contributed by atoms with Gasteiger partial charge in [0.25, 0.3) is 0 Å². The fourth-order valence-electron chi connectivity index (χ4n) is 2.23. The predicted molar refractivity (Wildman–Crippen MR) is 96.1 cm³/mol. The highest BCUT2D eigenvalue weighted by molar-refractivity contribution is 7.92. The van der Waals surface area contributed by atoms with Crippen LogP contribution in [0.2, 0.25) is 5.02 Å². The summed E-state index contributed by atoms with van der Waals surface area (Å²) in [6, 6.07) is 7.28. The van der Waals surface area contributed by atoms with Gasteiger partial charge in [0.1, 0.15) is 5.82 Å². The van der Waals surface area contributed by atoms with Crippen molar-refractivity contribution >= 4 is 38.8 Å². The first-order valence-corrected chi connectivity index (χ1v) is 9.34. The summed E-state index contributed by atoms with van der Waals surface area (Å²) in [5, 5.41) is 3.78. The summed E-state index contributed by atoms with van der Waals surface area (Å²) in [5.41, 5.74) is 3.34. The third-order valence-corrected chi connectivity index (χ3v) is 4.98. The van der Waals surface area contributed by atoms with Crippen LogP contribution in [0.25, 0.3) is 0 Å². The number of aromatic nitrogens is 1. The molecular weight excluding hydrogens is 334 g/mol. The molecule has 0 atom stereocenters. The van der Waals surface area contributed by atoms with Crippen molar-refractivity contribution in [2.24, 2.45) is 0 Å². The van der Waals surface area contributed by atoms with E-state index in [4.69, 9.17) is 11.6 Å². The van der Waals surface area contributed by atoms with E-state index in [0.29, 0.717) is 22.9 Å². The average molecular weight is 354 g/mol. The van der Waals surface area contributed by atoms with Gasteiger partial charge < -0.3 is 5.32 Å². The number of hydrogen-bond acceptors (Lipinski definition) is 4. The summed E-state index contributed by atoms with van der Waals surface area (Å²) in [5.74, 6) is 0.683. The molecule has 124 valence electrons. The third kappa shape index (κ3) is 4.84. The molecule has 0 aliphatic heterocycles. The fourth-order valence-corrected chi connectivity index (χ4v) is 3.72. The number of hydrogen-bond donors (Lipinski definition) is 2. The zero-order valence-electron chi connectivity index (χ0n) is 13.4. The number of halogens is 1. The third-order valence-electron chi connectivity index (χ3n) is 3.19. The summed E-state index contributed by atoms with van der Waals surface area (Å²) in [6.45, 7) is 5.77. The van der Waals surface area contributed by atoms with Crippen molar-refractivity contribution in [3.63, 3.8) is 0 Å². The summed E-state index contributed by atoms with van der Waals surface area (Å²) in [6.07, 6.45) is 2.04. The molecule has 2 aromatic rings. The van der Waals surface area contributed by atoms with Crippen LogP contribution in [0.1, 0.15) is 24.5 Å². The van der Waals surface area contributed by atoms with Gasteiger partial charge in [0.2, 0.25) is 10.0 Å². The lowest BCUT2D eigenvalue weighted by atomic mass is 10.1. The maximum absolute atomic E-state index is 11.7. The van der Waals surface area contributed by atoms with Crippen molar-refractivity contribution in [3.8, 4) is 0 Å². The summed E-state index contributed by atoms with van der Waals surface area (Å²) in [7, 11) is -3.31. The van der Waals surface area contributed by atoms with E-state index in [1.54, 1.807) is 12.1 Å². The van der Waals surface area contributed by atoms with E-state index in [-0.39, 0.29) is 5.75 Å². The van der Waals surface area contributed by atoms with E-state index in [9.17, 15) is 8.42 Å². The molecule has 0 unspecified atom stereocenters. The number of benzene rings is 1. The van der Waals surface area contributed by atoms with Crippen molar-refractivity contribution in [1.29, 1.82) is 0 Å². The van der Waals surface area contributed by atoms with Crippen LogP contribution in [-0.2, 0) is 10.0 Å². The molecule has 0 bridgehead atoms. The molecule has 0 spiro atoms. The van der Waals surface area contributed by atoms with E-state index in [2.05, 4.69) is 15.0 Å². The molecule has 1 aromatic heterocycles. The van der Waals surface area contributed by atoms with Crippen LogP contribution in [0.15, 0.2) is 30.5 Å². The molecule has 0 saturated heterocycles. The average Bonchev–Trinajstić information content (AvgIpc) is 2.44. The first-order chi connectivity index (χ1) is 10.8. The summed E-state index contributed by atoms with van der Waals surface area (Å²) >= 11 is 6.26. The number of nitrogens with one attached hydrogen (secondary N) is 2. The number of sulfonamides is 1. The molecule has 0 fully saturated rings. The molecular formula is C16H20ClN3O2S. The molecule has 1 heterocycles. The summed E-state index contributed by atoms with van der Waals surface area (Å²) in [4.78, 5) is 4.23. The van der Waals surface area contributed by atoms with Crippen molar-refractivity contribution in [2.75, 3.05) is 15.8 Å². The lowest BCUT2D eigenvalue weighted by molar-refractivity contribution is 0.600. The van der Waals surface area contributed by atoms with Gasteiger partial charge in [-0.05, 0) is 49.6 Å². The Kier molecular flexibility index (Phi) is 5.49. The largest absolute Gasteiger partial charge is 0.339 e. The van der Waals surface area contributed by atoms with Crippen molar-refractivity contribution in [1.82, 2.24) is 4.98 Å². The molecule has 0 radical (unpaired) electrons. The van der Waals surface area contributed by atoms with Gasteiger partial charge in [-0.3, -0.25) is 4.72 Å². The van der Waals surface area contributed by atoms with Crippen LogP contribution in [0, 0.1) is 13.8 Å². The minimum atomic E-state index is -3.31. The number of anilines is 3. The van der Waals surface area contributed by atoms with Crippen molar-refractivity contribution in [3.05, 3.63) is 46.6 Å². The van der Waals surface area contributed by atoms with Gasteiger partial charge in [0.05, 0.1) is 28.3 Å². The maximum atomic E-state index is 11.7. The molecule has 5 nitrogen and oxygen atoms in total. The van der Waals surface area contributed by atoms with Crippen LogP contribution < -0.4 is 10.0 Å². The number of pyridine rings is 1. The first kappa shape index (κ1) is 17.6. The second kappa shape index (κ2) is 7.19. The van der Waals surface area contributed by atoms with Crippen LogP contribution in [0.3, 0.4) is 0 Å². The molecule has 2 rings (SSSR count). The lowest BCUT2D eigenvalue weighted by Crippen LogP contribution is -2.16. The molecule has 7 heteroatoms. The van der Waals surface area contributed by atoms with E-state index in [0.717, 1.165) is 16.8 Å². The normalized spacial score (nSPS) is 11.3. The van der Waals surface area contributed by atoms with Crippen molar-refractivity contribution < 1.29 is 8.42 Å². The standard InChI is InChI=1S/C16H20ClN3O2S/c1-4-7-23(21,22)20-13-5-6-15(18-10-13)19-16-12(3)8-11(2)9-14(16)17/h5-6,8-10,20H,4,7H2,1-3H3,(H,18,19). The van der Waals surface area contributed by atoms with Crippen molar-refractivity contribution in [2.45, 2.75) is 27.2 Å². The quantitative estimate of drug-likeness (QED) is 0.814.